The van der Waals surface area contributed by atoms with Crippen LogP contribution in [0.25, 0.3) is 6.08 Å². The summed E-state index contributed by atoms with van der Waals surface area (Å²) in [6.45, 7) is 2.13. The van der Waals surface area contributed by atoms with E-state index in [1.54, 1.807) is 37.3 Å². The third kappa shape index (κ3) is 3.65. The molecule has 76 valence electrons. The summed E-state index contributed by atoms with van der Waals surface area (Å²) in [5.41, 5.74) is 1.46. The molecule has 1 aromatic carbocycles. The van der Waals surface area contributed by atoms with Crippen molar-refractivity contribution in [2.75, 3.05) is 6.61 Å². The van der Waals surface area contributed by atoms with Crippen molar-refractivity contribution in [3.05, 3.63) is 41.5 Å². The molecule has 0 aromatic heterocycles. The predicted molar refractivity (Wildman–Crippen MR) is 56.8 cm³/mol. The molecule has 0 radical (unpaired) electrons. The molecule has 3 nitrogen and oxygen atoms in total. The number of nitrogens with zero attached hydrogens (tertiary/aromatic N) is 1. The average molecular weight is 201 g/mol. The molecule has 0 aliphatic rings. The van der Waals surface area contributed by atoms with Crippen molar-refractivity contribution in [2.24, 2.45) is 0 Å². The van der Waals surface area contributed by atoms with E-state index < -0.39 is 0 Å². The largest absolute Gasteiger partial charge is 0.463 e. The molecule has 0 aliphatic carbocycles. The Hall–Kier alpha value is -2.08. The number of carbonyl (C=O) groups excluding carboxylic acids is 1. The van der Waals surface area contributed by atoms with Crippen molar-refractivity contribution < 1.29 is 9.53 Å². The summed E-state index contributed by atoms with van der Waals surface area (Å²) in [6, 6.07) is 8.97. The zero-order valence-corrected chi connectivity index (χ0v) is 8.43. The Morgan fingerprint density at radius 3 is 2.67 bits per heavy atom. The first kappa shape index (κ1) is 11.0. The molecule has 0 saturated carbocycles. The highest BCUT2D eigenvalue weighted by Gasteiger charge is 1.94. The lowest BCUT2D eigenvalue weighted by atomic mass is 10.1. The van der Waals surface area contributed by atoms with Crippen molar-refractivity contribution in [1.82, 2.24) is 0 Å². The summed E-state index contributed by atoms with van der Waals surface area (Å²) < 4.78 is 4.73. The first-order valence-electron chi connectivity index (χ1n) is 4.61. The molecule has 0 aliphatic heterocycles. The van der Waals surface area contributed by atoms with Gasteiger partial charge in [0.1, 0.15) is 0 Å². The zero-order valence-electron chi connectivity index (χ0n) is 8.43. The maximum Gasteiger partial charge on any atom is 0.330 e. The summed E-state index contributed by atoms with van der Waals surface area (Å²) in [6.07, 6.45) is 3.02. The van der Waals surface area contributed by atoms with Gasteiger partial charge in [-0.25, -0.2) is 4.79 Å². The van der Waals surface area contributed by atoms with Gasteiger partial charge < -0.3 is 4.74 Å². The number of esters is 1. The molecular formula is C12H11NO2. The van der Waals surface area contributed by atoms with Gasteiger partial charge in [0.15, 0.2) is 0 Å². The Morgan fingerprint density at radius 2 is 2.13 bits per heavy atom. The zero-order chi connectivity index (χ0) is 11.1. The Bertz CT molecular complexity index is 399. The molecule has 0 unspecified atom stereocenters. The van der Waals surface area contributed by atoms with Gasteiger partial charge in [0.05, 0.1) is 18.2 Å². The second-order valence-corrected chi connectivity index (χ2v) is 2.82. The summed E-state index contributed by atoms with van der Waals surface area (Å²) >= 11 is 0. The highest BCUT2D eigenvalue weighted by Crippen LogP contribution is 2.05. The van der Waals surface area contributed by atoms with Gasteiger partial charge in [-0.1, -0.05) is 12.1 Å². The minimum Gasteiger partial charge on any atom is -0.463 e. The molecule has 0 heterocycles. The number of ether oxygens (including phenoxy) is 1. The predicted octanol–water partition coefficient (Wildman–Crippen LogP) is 2.13. The van der Waals surface area contributed by atoms with Crippen LogP contribution in [0.15, 0.2) is 30.3 Å². The maximum absolute atomic E-state index is 11.0. The Morgan fingerprint density at radius 1 is 1.47 bits per heavy atom. The molecular weight excluding hydrogens is 190 g/mol. The van der Waals surface area contributed by atoms with E-state index in [2.05, 4.69) is 0 Å². The van der Waals surface area contributed by atoms with E-state index in [4.69, 9.17) is 10.00 Å². The first-order chi connectivity index (χ1) is 7.26. The summed E-state index contributed by atoms with van der Waals surface area (Å²) in [7, 11) is 0. The molecule has 1 aromatic rings. The fourth-order valence-electron chi connectivity index (χ4n) is 1.02. The SMILES string of the molecule is CCOC(=O)/C=C\c1ccc(C#N)cc1. The van der Waals surface area contributed by atoms with Gasteiger partial charge in [0.2, 0.25) is 0 Å². The topological polar surface area (TPSA) is 50.1 Å². The number of nitriles is 1. The van der Waals surface area contributed by atoms with Crippen LogP contribution in [0, 0.1) is 11.3 Å². The molecule has 3 heteroatoms. The third-order valence-corrected chi connectivity index (χ3v) is 1.74. The summed E-state index contributed by atoms with van der Waals surface area (Å²) in [5, 5.41) is 8.57. The van der Waals surface area contributed by atoms with Gasteiger partial charge in [-0.3, -0.25) is 0 Å². The Labute approximate surface area is 88.6 Å². The maximum atomic E-state index is 11.0. The van der Waals surface area contributed by atoms with Crippen molar-refractivity contribution in [1.29, 1.82) is 5.26 Å². The van der Waals surface area contributed by atoms with E-state index in [0.29, 0.717) is 12.2 Å². The van der Waals surface area contributed by atoms with E-state index in [1.807, 2.05) is 6.07 Å². The quantitative estimate of drug-likeness (QED) is 0.556. The lowest BCUT2D eigenvalue weighted by molar-refractivity contribution is -0.137. The van der Waals surface area contributed by atoms with Crippen molar-refractivity contribution in [3.63, 3.8) is 0 Å². The van der Waals surface area contributed by atoms with Crippen LogP contribution < -0.4 is 0 Å². The van der Waals surface area contributed by atoms with E-state index in [-0.39, 0.29) is 5.97 Å². The van der Waals surface area contributed by atoms with Gasteiger partial charge in [-0.05, 0) is 30.7 Å². The minimum absolute atomic E-state index is 0.359. The molecule has 0 N–H and O–H groups in total. The summed E-state index contributed by atoms with van der Waals surface area (Å²) in [5.74, 6) is -0.359. The molecule has 0 bridgehead atoms. The van der Waals surface area contributed by atoms with Crippen LogP contribution >= 0.6 is 0 Å². The molecule has 0 fully saturated rings. The lowest BCUT2D eigenvalue weighted by Gasteiger charge is -1.95. The summed E-state index contributed by atoms with van der Waals surface area (Å²) in [4.78, 5) is 11.0. The Balaban J connectivity index is 2.65. The van der Waals surface area contributed by atoms with Crippen LogP contribution in [-0.4, -0.2) is 12.6 Å². The van der Waals surface area contributed by atoms with Crippen LogP contribution in [0.3, 0.4) is 0 Å². The Kier molecular flexibility index (Phi) is 4.11. The molecule has 0 atom stereocenters. The van der Waals surface area contributed by atoms with Crippen LogP contribution in [0.5, 0.6) is 0 Å². The van der Waals surface area contributed by atoms with Crippen LogP contribution in [0.4, 0.5) is 0 Å². The second-order valence-electron chi connectivity index (χ2n) is 2.82. The number of rotatable bonds is 3. The normalized spacial score (nSPS) is 9.87. The van der Waals surface area contributed by atoms with E-state index in [9.17, 15) is 4.79 Å². The minimum atomic E-state index is -0.359. The highest BCUT2D eigenvalue weighted by atomic mass is 16.5. The lowest BCUT2D eigenvalue weighted by Crippen LogP contribution is -1.98. The van der Waals surface area contributed by atoms with E-state index >= 15 is 0 Å². The van der Waals surface area contributed by atoms with E-state index in [1.165, 1.54) is 6.08 Å². The smallest absolute Gasteiger partial charge is 0.330 e. The van der Waals surface area contributed by atoms with Gasteiger partial charge in [0.25, 0.3) is 0 Å². The molecule has 0 amide bonds. The average Bonchev–Trinajstić information content (AvgIpc) is 2.27. The molecule has 1 rings (SSSR count). The number of carbonyl (C=O) groups is 1. The standard InChI is InChI=1S/C12H11NO2/c1-2-15-12(14)8-7-10-3-5-11(9-13)6-4-10/h3-8H,2H2,1H3/b8-7-. The number of hydrogen-bond donors (Lipinski definition) is 0. The van der Waals surface area contributed by atoms with Crippen molar-refractivity contribution in [2.45, 2.75) is 6.92 Å². The van der Waals surface area contributed by atoms with Gasteiger partial charge in [0, 0.05) is 6.08 Å². The highest BCUT2D eigenvalue weighted by molar-refractivity contribution is 5.87. The van der Waals surface area contributed by atoms with Gasteiger partial charge >= 0.3 is 5.97 Å². The fourth-order valence-corrected chi connectivity index (χ4v) is 1.02. The second kappa shape index (κ2) is 5.61. The van der Waals surface area contributed by atoms with Gasteiger partial charge in [-0.2, -0.15) is 5.26 Å². The van der Waals surface area contributed by atoms with Gasteiger partial charge in [-0.15, -0.1) is 0 Å². The third-order valence-electron chi connectivity index (χ3n) is 1.74. The van der Waals surface area contributed by atoms with Crippen molar-refractivity contribution >= 4 is 12.0 Å². The molecule has 0 spiro atoms. The van der Waals surface area contributed by atoms with Crippen LogP contribution in [0.1, 0.15) is 18.1 Å². The molecule has 0 saturated heterocycles. The first-order valence-corrected chi connectivity index (χ1v) is 4.61. The number of hydrogen-bond acceptors (Lipinski definition) is 3. The van der Waals surface area contributed by atoms with Crippen LogP contribution in [-0.2, 0) is 9.53 Å². The van der Waals surface area contributed by atoms with Crippen LogP contribution in [0.2, 0.25) is 0 Å². The number of benzene rings is 1. The van der Waals surface area contributed by atoms with E-state index in [0.717, 1.165) is 5.56 Å². The monoisotopic (exact) mass is 201 g/mol. The fraction of sp³-hybridized carbons (Fsp3) is 0.167. The van der Waals surface area contributed by atoms with Crippen molar-refractivity contribution in [3.8, 4) is 6.07 Å². The molecule has 15 heavy (non-hydrogen) atoms.